The summed E-state index contributed by atoms with van der Waals surface area (Å²) in [4.78, 5) is 15.1. The Morgan fingerprint density at radius 2 is 1.80 bits per heavy atom. The first-order chi connectivity index (χ1) is 14.5. The monoisotopic (exact) mass is 457 g/mol. The van der Waals surface area contributed by atoms with Gasteiger partial charge in [-0.1, -0.05) is 30.9 Å². The van der Waals surface area contributed by atoms with Crippen LogP contribution in [0, 0.1) is 0 Å². The highest BCUT2D eigenvalue weighted by atomic mass is 35.5. The summed E-state index contributed by atoms with van der Waals surface area (Å²) in [6.45, 7) is 4.64. The quantitative estimate of drug-likeness (QED) is 0.576. The van der Waals surface area contributed by atoms with Crippen molar-refractivity contribution in [3.05, 3.63) is 29.3 Å². The summed E-state index contributed by atoms with van der Waals surface area (Å²) in [5.41, 5.74) is 0. The van der Waals surface area contributed by atoms with Gasteiger partial charge in [0.15, 0.2) is 0 Å². The van der Waals surface area contributed by atoms with E-state index in [-0.39, 0.29) is 23.4 Å². The van der Waals surface area contributed by atoms with E-state index in [9.17, 15) is 13.2 Å². The third kappa shape index (κ3) is 6.65. The van der Waals surface area contributed by atoms with Gasteiger partial charge in [-0.2, -0.15) is 4.31 Å². The van der Waals surface area contributed by atoms with Gasteiger partial charge < -0.3 is 10.1 Å². The minimum Gasteiger partial charge on any atom is -0.379 e. The molecule has 168 valence electrons. The molecule has 30 heavy (non-hydrogen) atoms. The number of nitrogens with one attached hydrogen (secondary N) is 1. The van der Waals surface area contributed by atoms with E-state index in [1.54, 1.807) is 12.1 Å². The molecule has 0 atom stereocenters. The molecule has 1 heterocycles. The predicted molar refractivity (Wildman–Crippen MR) is 117 cm³/mol. The van der Waals surface area contributed by atoms with Crippen LogP contribution in [0.25, 0.3) is 0 Å². The lowest BCUT2D eigenvalue weighted by atomic mass is 9.95. The van der Waals surface area contributed by atoms with Crippen molar-refractivity contribution in [1.82, 2.24) is 14.5 Å². The average molecular weight is 458 g/mol. The molecule has 2 fully saturated rings. The van der Waals surface area contributed by atoms with Crippen LogP contribution in [0.4, 0.5) is 0 Å². The van der Waals surface area contributed by atoms with Crippen molar-refractivity contribution in [2.75, 3.05) is 45.9 Å². The van der Waals surface area contributed by atoms with Crippen LogP contribution < -0.4 is 5.32 Å². The number of ether oxygens (including phenoxy) is 1. The molecule has 0 aromatic heterocycles. The molecule has 1 aromatic rings. The second kappa shape index (κ2) is 11.4. The highest BCUT2D eigenvalue weighted by Crippen LogP contribution is 2.28. The number of hydrogen-bond donors (Lipinski definition) is 1. The van der Waals surface area contributed by atoms with Crippen molar-refractivity contribution in [2.45, 2.75) is 49.5 Å². The van der Waals surface area contributed by atoms with Crippen LogP contribution in [0.15, 0.2) is 29.2 Å². The summed E-state index contributed by atoms with van der Waals surface area (Å²) in [6.07, 6.45) is 5.49. The molecule has 0 radical (unpaired) electrons. The van der Waals surface area contributed by atoms with Gasteiger partial charge in [0, 0.05) is 30.7 Å². The second-order valence-electron chi connectivity index (χ2n) is 7.95. The molecule has 1 aliphatic carbocycles. The Morgan fingerprint density at radius 1 is 1.13 bits per heavy atom. The van der Waals surface area contributed by atoms with Crippen molar-refractivity contribution in [3.8, 4) is 0 Å². The molecule has 1 aliphatic heterocycles. The third-order valence-corrected chi connectivity index (χ3v) is 7.94. The molecule has 1 aromatic carbocycles. The number of rotatable bonds is 9. The zero-order valence-electron chi connectivity index (χ0n) is 17.4. The molecular weight excluding hydrogens is 426 g/mol. The van der Waals surface area contributed by atoms with Crippen LogP contribution in [-0.4, -0.2) is 75.5 Å². The summed E-state index contributed by atoms with van der Waals surface area (Å²) < 4.78 is 33.3. The Labute approximate surface area is 184 Å². The number of amides is 1. The lowest BCUT2D eigenvalue weighted by molar-refractivity contribution is -0.121. The van der Waals surface area contributed by atoms with Crippen LogP contribution in [0.3, 0.4) is 0 Å². The van der Waals surface area contributed by atoms with Gasteiger partial charge in [-0.25, -0.2) is 8.42 Å². The number of carbonyl (C=O) groups excluding carboxylic acids is 1. The number of sulfonamides is 1. The van der Waals surface area contributed by atoms with Gasteiger partial charge in [-0.3, -0.25) is 9.69 Å². The van der Waals surface area contributed by atoms with Crippen molar-refractivity contribution >= 4 is 27.5 Å². The number of benzene rings is 1. The van der Waals surface area contributed by atoms with Gasteiger partial charge in [-0.05, 0) is 50.1 Å². The van der Waals surface area contributed by atoms with E-state index in [2.05, 4.69) is 10.2 Å². The van der Waals surface area contributed by atoms with E-state index in [0.29, 0.717) is 11.6 Å². The summed E-state index contributed by atoms with van der Waals surface area (Å²) >= 11 is 5.92. The second-order valence-corrected chi connectivity index (χ2v) is 10.3. The molecular formula is C21H32ClN3O4S. The van der Waals surface area contributed by atoms with Gasteiger partial charge in [0.25, 0.3) is 0 Å². The molecule has 0 unspecified atom stereocenters. The number of halogens is 1. The Bertz CT molecular complexity index is 776. The van der Waals surface area contributed by atoms with Crippen LogP contribution in [0.5, 0.6) is 0 Å². The predicted octanol–water partition coefficient (Wildman–Crippen LogP) is 2.50. The fraction of sp³-hybridized carbons (Fsp3) is 0.667. The van der Waals surface area contributed by atoms with Gasteiger partial charge in [0.2, 0.25) is 15.9 Å². The minimum atomic E-state index is -3.77. The highest BCUT2D eigenvalue weighted by Gasteiger charge is 2.33. The van der Waals surface area contributed by atoms with Crippen molar-refractivity contribution < 1.29 is 17.9 Å². The molecule has 1 N–H and O–H groups in total. The van der Waals surface area contributed by atoms with Crippen molar-refractivity contribution in [2.24, 2.45) is 0 Å². The molecule has 2 aliphatic rings. The first-order valence-corrected chi connectivity index (χ1v) is 12.6. The number of hydrogen-bond acceptors (Lipinski definition) is 5. The zero-order chi connectivity index (χ0) is 21.4. The van der Waals surface area contributed by atoms with Gasteiger partial charge in [-0.15, -0.1) is 0 Å². The third-order valence-electron chi connectivity index (χ3n) is 5.78. The first kappa shape index (κ1) is 23.5. The number of morpholine rings is 1. The average Bonchev–Trinajstić information content (AvgIpc) is 2.76. The lowest BCUT2D eigenvalue weighted by Gasteiger charge is -2.33. The Hall–Kier alpha value is -1.19. The summed E-state index contributed by atoms with van der Waals surface area (Å²) in [5.74, 6) is -0.250. The van der Waals surface area contributed by atoms with Crippen molar-refractivity contribution in [1.29, 1.82) is 0 Å². The topological polar surface area (TPSA) is 79.0 Å². The molecule has 1 saturated carbocycles. The maximum absolute atomic E-state index is 13.3. The van der Waals surface area contributed by atoms with Gasteiger partial charge in [0.1, 0.15) is 0 Å². The highest BCUT2D eigenvalue weighted by molar-refractivity contribution is 7.89. The molecule has 0 spiro atoms. The number of carbonyl (C=O) groups is 1. The molecule has 7 nitrogen and oxygen atoms in total. The SMILES string of the molecule is O=C(CN(C1CCCCC1)S(=O)(=O)c1ccc(Cl)cc1)NCCCN1CCOCC1. The van der Waals surface area contributed by atoms with E-state index in [1.807, 2.05) is 0 Å². The van der Waals surface area contributed by atoms with E-state index in [4.69, 9.17) is 16.3 Å². The molecule has 1 saturated heterocycles. The minimum absolute atomic E-state index is 0.140. The van der Waals surface area contributed by atoms with E-state index >= 15 is 0 Å². The van der Waals surface area contributed by atoms with Gasteiger partial charge >= 0.3 is 0 Å². The lowest BCUT2D eigenvalue weighted by Crippen LogP contribution is -2.47. The fourth-order valence-electron chi connectivity index (χ4n) is 4.07. The maximum atomic E-state index is 13.3. The Kier molecular flexibility index (Phi) is 8.95. The van der Waals surface area contributed by atoms with Crippen LogP contribution >= 0.6 is 11.6 Å². The van der Waals surface area contributed by atoms with Crippen LogP contribution in [0.2, 0.25) is 5.02 Å². The van der Waals surface area contributed by atoms with Crippen LogP contribution in [-0.2, 0) is 19.6 Å². The van der Waals surface area contributed by atoms with Gasteiger partial charge in [0.05, 0.1) is 24.7 Å². The normalized spacial score (nSPS) is 19.1. The van der Waals surface area contributed by atoms with E-state index in [0.717, 1.165) is 71.4 Å². The fourth-order valence-corrected chi connectivity index (χ4v) is 5.84. The first-order valence-electron chi connectivity index (χ1n) is 10.8. The van der Waals surface area contributed by atoms with Crippen LogP contribution in [0.1, 0.15) is 38.5 Å². The zero-order valence-corrected chi connectivity index (χ0v) is 19.0. The number of nitrogens with zero attached hydrogens (tertiary/aromatic N) is 2. The summed E-state index contributed by atoms with van der Waals surface area (Å²) in [7, 11) is -3.77. The maximum Gasteiger partial charge on any atom is 0.243 e. The standard InChI is InChI=1S/C21H32ClN3O4S/c22-18-7-9-20(10-8-18)30(27,28)25(19-5-2-1-3-6-19)17-21(26)23-11-4-12-24-13-15-29-16-14-24/h7-10,19H,1-6,11-17H2,(H,23,26). The summed E-state index contributed by atoms with van der Waals surface area (Å²) in [5, 5.41) is 3.38. The van der Waals surface area contributed by atoms with Crippen molar-refractivity contribution in [3.63, 3.8) is 0 Å². The molecule has 1 amide bonds. The Morgan fingerprint density at radius 3 is 2.47 bits per heavy atom. The molecule has 0 bridgehead atoms. The smallest absolute Gasteiger partial charge is 0.243 e. The van der Waals surface area contributed by atoms with E-state index < -0.39 is 10.0 Å². The summed E-state index contributed by atoms with van der Waals surface area (Å²) in [6, 6.07) is 6.01. The van der Waals surface area contributed by atoms with E-state index in [1.165, 1.54) is 16.4 Å². The Balaban J connectivity index is 1.59. The molecule has 3 rings (SSSR count). The largest absolute Gasteiger partial charge is 0.379 e. The molecule has 9 heteroatoms.